The minimum atomic E-state index is -0.795. The molecule has 1 aromatic rings. The second kappa shape index (κ2) is 10.6. The number of alkyl carbamates (subject to hydrolysis) is 1. The molecule has 0 aliphatic heterocycles. The van der Waals surface area contributed by atoms with E-state index in [4.69, 9.17) is 28.4 Å². The van der Waals surface area contributed by atoms with Crippen LogP contribution in [0.25, 0.3) is 0 Å². The zero-order valence-corrected chi connectivity index (χ0v) is 19.7. The maximum Gasteiger partial charge on any atom is 0.407 e. The number of ether oxygens (including phenoxy) is 1. The van der Waals surface area contributed by atoms with Gasteiger partial charge in [0.1, 0.15) is 16.4 Å². The molecule has 2 rings (SSSR count). The Morgan fingerprint density at radius 2 is 1.78 bits per heavy atom. The summed E-state index contributed by atoms with van der Waals surface area (Å²) in [6.07, 6.45) is 4.33. The lowest BCUT2D eigenvalue weighted by Crippen LogP contribution is -2.49. The summed E-state index contributed by atoms with van der Waals surface area (Å²) in [5.41, 5.74) is 11.3. The number of carbonyl (C=O) groups is 2. The van der Waals surface area contributed by atoms with E-state index in [-0.39, 0.29) is 34.0 Å². The maximum atomic E-state index is 14.8. The van der Waals surface area contributed by atoms with E-state index in [9.17, 15) is 14.0 Å². The highest BCUT2D eigenvalue weighted by molar-refractivity contribution is 7.81. The number of benzene rings is 1. The topological polar surface area (TPSA) is 132 Å². The smallest absolute Gasteiger partial charge is 0.407 e. The number of nitrogens with two attached hydrogens (primary N) is 2. The Labute approximate surface area is 193 Å². The summed E-state index contributed by atoms with van der Waals surface area (Å²) < 4.78 is 20.2. The summed E-state index contributed by atoms with van der Waals surface area (Å²) in [7, 11) is 0. The number of hydrogen-bond acceptors (Lipinski definition) is 6. The van der Waals surface area contributed by atoms with Gasteiger partial charge in [0.2, 0.25) is 0 Å². The van der Waals surface area contributed by atoms with E-state index < -0.39 is 23.4 Å². The molecule has 0 aromatic heterocycles. The minimum absolute atomic E-state index is 0.0365. The van der Waals surface area contributed by atoms with Gasteiger partial charge in [-0.05, 0) is 58.7 Å². The fraction of sp³-hybridized carbons (Fsp3) is 0.500. The van der Waals surface area contributed by atoms with Crippen LogP contribution in [0.4, 0.5) is 20.6 Å². The van der Waals surface area contributed by atoms with Crippen LogP contribution in [0.3, 0.4) is 0 Å². The lowest BCUT2D eigenvalue weighted by atomic mass is 9.90. The molecule has 10 heteroatoms. The van der Waals surface area contributed by atoms with Crippen molar-refractivity contribution in [3.8, 4) is 0 Å². The van der Waals surface area contributed by atoms with Gasteiger partial charge in [-0.15, -0.1) is 0 Å². The Bertz CT molecular complexity index is 910. The zero-order valence-electron chi connectivity index (χ0n) is 18.9. The number of halogens is 1. The number of anilines is 2. The van der Waals surface area contributed by atoms with Crippen molar-refractivity contribution < 1.29 is 18.7 Å². The van der Waals surface area contributed by atoms with Gasteiger partial charge in [-0.25, -0.2) is 9.18 Å². The second-order valence-corrected chi connectivity index (χ2v) is 9.35. The molecule has 1 aliphatic carbocycles. The minimum Gasteiger partial charge on any atom is -0.444 e. The van der Waals surface area contributed by atoms with Gasteiger partial charge in [0, 0.05) is 11.7 Å². The third-order valence-corrected chi connectivity index (χ3v) is 5.02. The molecule has 1 saturated carbocycles. The van der Waals surface area contributed by atoms with E-state index in [1.165, 1.54) is 12.1 Å². The third kappa shape index (κ3) is 7.67. The van der Waals surface area contributed by atoms with E-state index in [2.05, 4.69) is 16.0 Å². The Kier molecular flexibility index (Phi) is 8.43. The van der Waals surface area contributed by atoms with Crippen LogP contribution in [-0.2, 0) is 4.74 Å². The highest BCUT2D eigenvalue weighted by Gasteiger charge is 2.29. The molecule has 1 aliphatic rings. The van der Waals surface area contributed by atoms with E-state index in [1.807, 2.05) is 0 Å². The maximum absolute atomic E-state index is 14.8. The van der Waals surface area contributed by atoms with Crippen molar-refractivity contribution in [2.24, 2.45) is 11.5 Å². The molecule has 0 saturated heterocycles. The molecule has 0 unspecified atom stereocenters. The molecule has 0 bridgehead atoms. The van der Waals surface area contributed by atoms with Crippen molar-refractivity contribution in [2.45, 2.75) is 71.1 Å². The van der Waals surface area contributed by atoms with Crippen molar-refractivity contribution in [3.05, 3.63) is 35.3 Å². The predicted octanol–water partition coefficient (Wildman–Crippen LogP) is 3.77. The average molecular weight is 466 g/mol. The van der Waals surface area contributed by atoms with Crippen LogP contribution in [0.5, 0.6) is 0 Å². The monoisotopic (exact) mass is 465 g/mol. The lowest BCUT2D eigenvalue weighted by molar-refractivity contribution is 0.0488. The van der Waals surface area contributed by atoms with Gasteiger partial charge in [0.25, 0.3) is 5.91 Å². The van der Waals surface area contributed by atoms with Crippen LogP contribution < -0.4 is 27.4 Å². The predicted molar refractivity (Wildman–Crippen MR) is 128 cm³/mol. The van der Waals surface area contributed by atoms with Crippen molar-refractivity contribution in [3.63, 3.8) is 0 Å². The van der Waals surface area contributed by atoms with Gasteiger partial charge in [-0.2, -0.15) is 0 Å². The molecule has 2 amide bonds. The number of allylic oxidation sites excluding steroid dienone is 1. The van der Waals surface area contributed by atoms with Crippen LogP contribution >= 0.6 is 12.2 Å². The first kappa shape index (κ1) is 25.4. The Morgan fingerprint density at radius 3 is 2.34 bits per heavy atom. The van der Waals surface area contributed by atoms with E-state index in [0.717, 1.165) is 31.7 Å². The highest BCUT2D eigenvalue weighted by Crippen LogP contribution is 2.29. The molecular formula is C22H32FN5O3S. The van der Waals surface area contributed by atoms with Crippen LogP contribution in [0.2, 0.25) is 0 Å². The van der Waals surface area contributed by atoms with Crippen LogP contribution in [0.1, 0.15) is 63.7 Å². The largest absolute Gasteiger partial charge is 0.444 e. The molecule has 7 N–H and O–H groups in total. The molecule has 0 spiro atoms. The van der Waals surface area contributed by atoms with Gasteiger partial charge in [-0.3, -0.25) is 4.79 Å². The van der Waals surface area contributed by atoms with Crippen molar-refractivity contribution in [2.75, 3.05) is 10.6 Å². The number of hydrogen-bond donors (Lipinski definition) is 5. The standard InChI is InChI=1S/C22H32FN5O3S/c1-12(24)9-19(32)27-17-11-18(14(23)10-13(17)20(25)29)26-15-7-5-6-8-16(15)28-21(30)31-22(2,3)4/h9-11,15-16,26H,5-8,24H2,1-4H3,(H2,25,29)(H,27,32)(H,28,30)/t15-,16+/m1/s1. The average Bonchev–Trinajstić information content (AvgIpc) is 2.63. The lowest BCUT2D eigenvalue weighted by Gasteiger charge is -2.34. The molecule has 0 radical (unpaired) electrons. The molecule has 1 fully saturated rings. The van der Waals surface area contributed by atoms with Crippen molar-refractivity contribution in [1.82, 2.24) is 5.32 Å². The summed E-state index contributed by atoms with van der Waals surface area (Å²) in [5, 5.41) is 8.93. The quantitative estimate of drug-likeness (QED) is 0.319. The molecule has 8 nitrogen and oxygen atoms in total. The van der Waals surface area contributed by atoms with Crippen LogP contribution in [0, 0.1) is 5.82 Å². The summed E-state index contributed by atoms with van der Waals surface area (Å²) in [6.45, 7) is 7.04. The molecule has 1 aromatic carbocycles. The van der Waals surface area contributed by atoms with Crippen LogP contribution in [0.15, 0.2) is 23.9 Å². The van der Waals surface area contributed by atoms with Gasteiger partial charge < -0.3 is 32.2 Å². The number of thiocarbonyl (C=S) groups is 1. The second-order valence-electron chi connectivity index (χ2n) is 8.91. The fourth-order valence-corrected chi connectivity index (χ4v) is 3.80. The van der Waals surface area contributed by atoms with Gasteiger partial charge >= 0.3 is 6.09 Å². The van der Waals surface area contributed by atoms with Gasteiger partial charge in [-0.1, -0.05) is 25.1 Å². The van der Waals surface area contributed by atoms with Crippen molar-refractivity contribution >= 4 is 40.6 Å². The van der Waals surface area contributed by atoms with E-state index in [1.54, 1.807) is 27.7 Å². The summed E-state index contributed by atoms with van der Waals surface area (Å²) >= 11 is 5.21. The zero-order chi connectivity index (χ0) is 24.1. The normalized spacial score (nSPS) is 19.1. The number of carbonyl (C=O) groups excluding carboxylic acids is 2. The Balaban J connectivity index is 2.26. The number of nitrogens with one attached hydrogen (secondary N) is 3. The number of primary amides is 1. The van der Waals surface area contributed by atoms with Gasteiger partial charge in [0.05, 0.1) is 23.0 Å². The highest BCUT2D eigenvalue weighted by atomic mass is 32.1. The van der Waals surface area contributed by atoms with Gasteiger partial charge in [0.15, 0.2) is 0 Å². The first-order valence-corrected chi connectivity index (χ1v) is 10.9. The third-order valence-electron chi connectivity index (χ3n) is 4.80. The molecule has 32 heavy (non-hydrogen) atoms. The Morgan fingerprint density at radius 1 is 1.16 bits per heavy atom. The molecule has 2 atom stereocenters. The van der Waals surface area contributed by atoms with Crippen LogP contribution in [-0.4, -0.2) is 34.7 Å². The first-order valence-electron chi connectivity index (χ1n) is 10.5. The Hall–Kier alpha value is -2.88. The number of amides is 2. The summed E-state index contributed by atoms with van der Waals surface area (Å²) in [5.74, 6) is -1.43. The van der Waals surface area contributed by atoms with E-state index in [0.29, 0.717) is 5.70 Å². The number of rotatable bonds is 6. The SMILES string of the molecule is CC(N)=CC(=S)Nc1cc(N[C@@H]2CCCC[C@@H]2NC(=O)OC(C)(C)C)c(F)cc1C(N)=O. The summed E-state index contributed by atoms with van der Waals surface area (Å²) in [4.78, 5) is 24.3. The first-order chi connectivity index (χ1) is 14.9. The summed E-state index contributed by atoms with van der Waals surface area (Å²) in [6, 6.07) is 2.04. The van der Waals surface area contributed by atoms with Crippen molar-refractivity contribution in [1.29, 1.82) is 0 Å². The fourth-order valence-electron chi connectivity index (χ4n) is 3.50. The molecular weight excluding hydrogens is 433 g/mol. The molecule has 0 heterocycles. The van der Waals surface area contributed by atoms with E-state index >= 15 is 0 Å². The molecule has 176 valence electrons.